The molecule has 4 N–H and O–H groups in total. The van der Waals surface area contributed by atoms with Crippen LogP contribution in [0.25, 0.3) is 0 Å². The van der Waals surface area contributed by atoms with Crippen molar-refractivity contribution in [2.24, 2.45) is 0 Å². The van der Waals surface area contributed by atoms with Crippen LogP contribution in [0, 0.1) is 12.7 Å². The van der Waals surface area contributed by atoms with Crippen LogP contribution in [-0.2, 0) is 11.3 Å². The molecule has 0 radical (unpaired) electrons. The van der Waals surface area contributed by atoms with Gasteiger partial charge >= 0.3 is 0 Å². The maximum Gasteiger partial charge on any atom is 0.280 e. The molecule has 0 atom stereocenters. The highest BCUT2D eigenvalue weighted by Gasteiger charge is 2.20. The number of amides is 2. The Morgan fingerprint density at radius 1 is 1.13 bits per heavy atom. The monoisotopic (exact) mass is 428 g/mol. The maximum atomic E-state index is 13.6. The second-order valence-electron chi connectivity index (χ2n) is 6.51. The highest BCUT2D eigenvalue weighted by Crippen LogP contribution is 2.29. The number of ether oxygens (including phenoxy) is 2. The molecular weight excluding hydrogens is 407 g/mol. The molecule has 0 aliphatic carbocycles. The van der Waals surface area contributed by atoms with Crippen LogP contribution >= 0.6 is 0 Å². The lowest BCUT2D eigenvalue weighted by Crippen LogP contribution is -2.21. The molecule has 31 heavy (non-hydrogen) atoms. The number of aryl methyl sites for hydroxylation is 1. The molecule has 2 amide bonds. The van der Waals surface area contributed by atoms with Crippen LogP contribution in [0.5, 0.6) is 11.5 Å². The Balaban J connectivity index is 1.70. The van der Waals surface area contributed by atoms with Gasteiger partial charge in [0.25, 0.3) is 5.91 Å². The largest absolute Gasteiger partial charge is 0.497 e. The number of nitrogens with zero attached hydrogens (tertiary/aromatic N) is 3. The maximum absolute atomic E-state index is 13.6. The molecular formula is C20H21FN6O4. The van der Waals surface area contributed by atoms with Crippen LogP contribution in [0.2, 0.25) is 0 Å². The number of carbonyl (C=O) groups excluding carboxylic acids is 2. The van der Waals surface area contributed by atoms with Crippen molar-refractivity contribution < 1.29 is 23.5 Å². The second kappa shape index (κ2) is 9.11. The molecule has 0 aliphatic rings. The summed E-state index contributed by atoms with van der Waals surface area (Å²) in [5.74, 6) is -0.749. The molecule has 3 aromatic rings. The van der Waals surface area contributed by atoms with E-state index in [1.165, 1.54) is 20.3 Å². The van der Waals surface area contributed by atoms with Gasteiger partial charge in [-0.25, -0.2) is 9.07 Å². The SMILES string of the molecule is COc1ccc(NC(=O)c2nnn(CC(=O)Nc3ccc(C)c(F)c3)c2N)c(OC)c1. The zero-order chi connectivity index (χ0) is 22.5. The molecule has 0 bridgehead atoms. The fourth-order valence-corrected chi connectivity index (χ4v) is 2.69. The van der Waals surface area contributed by atoms with Crippen LogP contribution in [0.4, 0.5) is 21.6 Å². The van der Waals surface area contributed by atoms with Crippen molar-refractivity contribution in [3.8, 4) is 11.5 Å². The van der Waals surface area contributed by atoms with E-state index in [4.69, 9.17) is 15.2 Å². The van der Waals surface area contributed by atoms with E-state index >= 15 is 0 Å². The molecule has 0 saturated carbocycles. The first-order valence-electron chi connectivity index (χ1n) is 9.10. The summed E-state index contributed by atoms with van der Waals surface area (Å²) in [5, 5.41) is 12.7. The Bertz CT molecular complexity index is 1130. The van der Waals surface area contributed by atoms with Crippen LogP contribution in [0.1, 0.15) is 16.1 Å². The van der Waals surface area contributed by atoms with Gasteiger partial charge in [-0.15, -0.1) is 5.10 Å². The lowest BCUT2D eigenvalue weighted by atomic mass is 10.2. The molecule has 0 fully saturated rings. The topological polar surface area (TPSA) is 133 Å². The zero-order valence-electron chi connectivity index (χ0n) is 17.1. The summed E-state index contributed by atoms with van der Waals surface area (Å²) in [6.45, 7) is 1.30. The number of carbonyl (C=O) groups is 2. The summed E-state index contributed by atoms with van der Waals surface area (Å²) in [7, 11) is 2.96. The average Bonchev–Trinajstić information content (AvgIpc) is 3.11. The first-order chi connectivity index (χ1) is 14.8. The van der Waals surface area contributed by atoms with Crippen molar-refractivity contribution in [1.29, 1.82) is 0 Å². The standard InChI is InChI=1S/C20H21FN6O4/c1-11-4-5-12(8-14(11)21)23-17(28)10-27-19(22)18(25-26-27)20(29)24-15-7-6-13(30-2)9-16(15)31-3/h4-9H,10,22H2,1-3H3,(H,23,28)(H,24,29). The van der Waals surface area contributed by atoms with E-state index in [0.717, 1.165) is 4.68 Å². The van der Waals surface area contributed by atoms with E-state index in [9.17, 15) is 14.0 Å². The van der Waals surface area contributed by atoms with Gasteiger partial charge in [0.15, 0.2) is 11.5 Å². The third-order valence-corrected chi connectivity index (χ3v) is 4.39. The molecule has 0 aliphatic heterocycles. The number of anilines is 3. The number of nitrogens with two attached hydrogens (primary N) is 1. The second-order valence-corrected chi connectivity index (χ2v) is 6.51. The summed E-state index contributed by atoms with van der Waals surface area (Å²) in [5.41, 5.74) is 6.91. The van der Waals surface area contributed by atoms with Gasteiger partial charge in [0.05, 0.1) is 19.9 Å². The number of hydrogen-bond donors (Lipinski definition) is 3. The first kappa shape index (κ1) is 21.6. The molecule has 0 spiro atoms. The lowest BCUT2D eigenvalue weighted by Gasteiger charge is -2.11. The Hall–Kier alpha value is -4.15. The van der Waals surface area contributed by atoms with Gasteiger partial charge in [0.1, 0.15) is 23.9 Å². The van der Waals surface area contributed by atoms with Crippen LogP contribution in [-0.4, -0.2) is 41.0 Å². The normalized spacial score (nSPS) is 10.5. The quantitative estimate of drug-likeness (QED) is 0.525. The van der Waals surface area contributed by atoms with Crippen molar-refractivity contribution in [2.75, 3.05) is 30.6 Å². The Kier molecular flexibility index (Phi) is 6.34. The van der Waals surface area contributed by atoms with Gasteiger partial charge in [-0.05, 0) is 36.8 Å². The van der Waals surface area contributed by atoms with E-state index in [1.807, 2.05) is 0 Å². The number of nitrogen functional groups attached to an aromatic ring is 1. The molecule has 1 aromatic heterocycles. The number of aromatic nitrogens is 3. The number of nitrogens with one attached hydrogen (secondary N) is 2. The Morgan fingerprint density at radius 3 is 2.58 bits per heavy atom. The van der Waals surface area contributed by atoms with Gasteiger partial charge in [0, 0.05) is 11.8 Å². The molecule has 0 unspecified atom stereocenters. The minimum absolute atomic E-state index is 0.102. The molecule has 0 saturated heterocycles. The van der Waals surface area contributed by atoms with Crippen molar-refractivity contribution in [1.82, 2.24) is 15.0 Å². The van der Waals surface area contributed by atoms with E-state index in [-0.39, 0.29) is 23.7 Å². The first-order valence-corrected chi connectivity index (χ1v) is 9.10. The van der Waals surface area contributed by atoms with Crippen molar-refractivity contribution >= 4 is 29.0 Å². The average molecular weight is 428 g/mol. The van der Waals surface area contributed by atoms with E-state index in [0.29, 0.717) is 22.7 Å². The van der Waals surface area contributed by atoms with Crippen LogP contribution in [0.15, 0.2) is 36.4 Å². The lowest BCUT2D eigenvalue weighted by molar-refractivity contribution is -0.116. The summed E-state index contributed by atoms with van der Waals surface area (Å²) in [6.07, 6.45) is 0. The summed E-state index contributed by atoms with van der Waals surface area (Å²) < 4.78 is 25.1. The molecule has 3 rings (SSSR count). The zero-order valence-corrected chi connectivity index (χ0v) is 17.1. The molecule has 1 heterocycles. The number of methoxy groups -OCH3 is 2. The minimum Gasteiger partial charge on any atom is -0.497 e. The molecule has 10 nitrogen and oxygen atoms in total. The van der Waals surface area contributed by atoms with Gasteiger partial charge in [-0.3, -0.25) is 9.59 Å². The predicted octanol–water partition coefficient (Wildman–Crippen LogP) is 2.22. The summed E-state index contributed by atoms with van der Waals surface area (Å²) in [4.78, 5) is 24.8. The van der Waals surface area contributed by atoms with Crippen LogP contribution in [0.3, 0.4) is 0 Å². The smallest absolute Gasteiger partial charge is 0.280 e. The van der Waals surface area contributed by atoms with E-state index in [1.54, 1.807) is 37.3 Å². The summed E-state index contributed by atoms with van der Waals surface area (Å²) >= 11 is 0. The molecule has 162 valence electrons. The molecule has 2 aromatic carbocycles. The number of halogens is 1. The van der Waals surface area contributed by atoms with Crippen LogP contribution < -0.4 is 25.8 Å². The fraction of sp³-hybridized carbons (Fsp3) is 0.200. The number of benzene rings is 2. The van der Waals surface area contributed by atoms with Crippen molar-refractivity contribution in [2.45, 2.75) is 13.5 Å². The van der Waals surface area contributed by atoms with E-state index in [2.05, 4.69) is 20.9 Å². The number of hydrogen-bond acceptors (Lipinski definition) is 7. The Labute approximate surface area is 177 Å². The number of rotatable bonds is 7. The van der Waals surface area contributed by atoms with Gasteiger partial charge in [-0.2, -0.15) is 0 Å². The van der Waals surface area contributed by atoms with Gasteiger partial charge in [0.2, 0.25) is 5.91 Å². The van der Waals surface area contributed by atoms with Gasteiger partial charge in [-0.1, -0.05) is 11.3 Å². The minimum atomic E-state index is -0.631. The van der Waals surface area contributed by atoms with Crippen molar-refractivity contribution in [3.63, 3.8) is 0 Å². The summed E-state index contributed by atoms with van der Waals surface area (Å²) in [6, 6.07) is 9.18. The van der Waals surface area contributed by atoms with Crippen molar-refractivity contribution in [3.05, 3.63) is 53.5 Å². The predicted molar refractivity (Wildman–Crippen MR) is 112 cm³/mol. The molecule has 11 heteroatoms. The van der Waals surface area contributed by atoms with Gasteiger partial charge < -0.3 is 25.8 Å². The third-order valence-electron chi connectivity index (χ3n) is 4.39. The third kappa shape index (κ3) is 4.89. The van der Waals surface area contributed by atoms with E-state index < -0.39 is 17.6 Å². The fourth-order valence-electron chi connectivity index (χ4n) is 2.69. The highest BCUT2D eigenvalue weighted by molar-refractivity contribution is 6.06. The Morgan fingerprint density at radius 2 is 1.90 bits per heavy atom. The highest BCUT2D eigenvalue weighted by atomic mass is 19.1.